The molecule has 0 spiro atoms. The van der Waals surface area contributed by atoms with Gasteiger partial charge in [0.15, 0.2) is 0 Å². The Labute approximate surface area is 168 Å². The van der Waals surface area contributed by atoms with Crippen LogP contribution >= 0.6 is 34.8 Å². The third-order valence-corrected chi connectivity index (χ3v) is 4.87. The molecule has 1 aliphatic rings. The zero-order valence-corrected chi connectivity index (χ0v) is 15.7. The van der Waals surface area contributed by atoms with Gasteiger partial charge in [-0.1, -0.05) is 34.8 Å². The van der Waals surface area contributed by atoms with Crippen LogP contribution in [0.25, 0.3) is 0 Å². The monoisotopic (exact) mass is 429 g/mol. The summed E-state index contributed by atoms with van der Waals surface area (Å²) in [7, 11) is 0. The molecule has 140 valence electrons. The van der Waals surface area contributed by atoms with Crippen molar-refractivity contribution in [1.82, 2.24) is 5.32 Å². The van der Waals surface area contributed by atoms with Crippen LogP contribution in [0.5, 0.6) is 0 Å². The molecule has 0 bridgehead atoms. The molecule has 10 heteroatoms. The smallest absolute Gasteiger partial charge is 0.328 e. The Morgan fingerprint density at radius 2 is 1.81 bits per heavy atom. The second-order valence-corrected chi connectivity index (χ2v) is 6.85. The van der Waals surface area contributed by atoms with Crippen LogP contribution in [0.15, 0.2) is 36.4 Å². The van der Waals surface area contributed by atoms with Gasteiger partial charge in [0.25, 0.3) is 0 Å². The SMILES string of the molecule is O=C(Nc1ccc(Cl)c(Cl)c1)C1CNC(=O)N(c2ccc(F)c(Cl)c2)C1=O. The summed E-state index contributed by atoms with van der Waals surface area (Å²) in [6, 6.07) is 7.10. The summed E-state index contributed by atoms with van der Waals surface area (Å²) in [4.78, 5) is 38.1. The molecule has 2 aromatic carbocycles. The number of rotatable bonds is 3. The molecule has 2 N–H and O–H groups in total. The molecule has 1 aliphatic heterocycles. The van der Waals surface area contributed by atoms with Crippen molar-refractivity contribution in [1.29, 1.82) is 0 Å². The minimum Gasteiger partial charge on any atom is -0.336 e. The first kappa shape index (κ1) is 19.4. The van der Waals surface area contributed by atoms with Crippen LogP contribution in [0.1, 0.15) is 0 Å². The lowest BCUT2D eigenvalue weighted by Gasteiger charge is -2.30. The maximum absolute atomic E-state index is 13.3. The van der Waals surface area contributed by atoms with Gasteiger partial charge in [-0.3, -0.25) is 9.59 Å². The van der Waals surface area contributed by atoms with Crippen molar-refractivity contribution in [2.24, 2.45) is 5.92 Å². The average molecular weight is 431 g/mol. The Morgan fingerprint density at radius 3 is 2.48 bits per heavy atom. The fraction of sp³-hybridized carbons (Fsp3) is 0.118. The Hall–Kier alpha value is -2.35. The molecule has 1 atom stereocenters. The van der Waals surface area contributed by atoms with Crippen molar-refractivity contribution in [3.63, 3.8) is 0 Å². The van der Waals surface area contributed by atoms with E-state index in [0.717, 1.165) is 17.0 Å². The van der Waals surface area contributed by atoms with Gasteiger partial charge in [0.05, 0.1) is 20.8 Å². The molecule has 0 radical (unpaired) electrons. The zero-order valence-electron chi connectivity index (χ0n) is 13.4. The van der Waals surface area contributed by atoms with Crippen molar-refractivity contribution in [3.8, 4) is 0 Å². The van der Waals surface area contributed by atoms with Gasteiger partial charge in [-0.05, 0) is 36.4 Å². The van der Waals surface area contributed by atoms with Crippen molar-refractivity contribution in [2.75, 3.05) is 16.8 Å². The van der Waals surface area contributed by atoms with Gasteiger partial charge in [-0.15, -0.1) is 0 Å². The van der Waals surface area contributed by atoms with E-state index in [9.17, 15) is 18.8 Å². The van der Waals surface area contributed by atoms with E-state index >= 15 is 0 Å². The number of nitrogens with zero attached hydrogens (tertiary/aromatic N) is 1. The fourth-order valence-electron chi connectivity index (χ4n) is 2.49. The van der Waals surface area contributed by atoms with Gasteiger partial charge in [0.1, 0.15) is 11.7 Å². The first-order chi connectivity index (χ1) is 12.8. The molecular weight excluding hydrogens is 420 g/mol. The van der Waals surface area contributed by atoms with Crippen LogP contribution in [0, 0.1) is 11.7 Å². The molecule has 1 unspecified atom stereocenters. The fourth-order valence-corrected chi connectivity index (χ4v) is 2.96. The Morgan fingerprint density at radius 1 is 1.07 bits per heavy atom. The predicted molar refractivity (Wildman–Crippen MR) is 101 cm³/mol. The lowest BCUT2D eigenvalue weighted by molar-refractivity contribution is -0.130. The molecule has 0 saturated carbocycles. The average Bonchev–Trinajstić information content (AvgIpc) is 2.61. The molecule has 3 rings (SSSR count). The van der Waals surface area contributed by atoms with Gasteiger partial charge in [0, 0.05) is 12.2 Å². The van der Waals surface area contributed by atoms with Gasteiger partial charge >= 0.3 is 6.03 Å². The topological polar surface area (TPSA) is 78.5 Å². The van der Waals surface area contributed by atoms with E-state index in [0.29, 0.717) is 10.7 Å². The van der Waals surface area contributed by atoms with Gasteiger partial charge in [-0.25, -0.2) is 14.1 Å². The van der Waals surface area contributed by atoms with Crippen LogP contribution < -0.4 is 15.5 Å². The van der Waals surface area contributed by atoms with Crippen molar-refractivity contribution >= 4 is 64.0 Å². The number of hydrogen-bond donors (Lipinski definition) is 2. The number of hydrogen-bond acceptors (Lipinski definition) is 3. The summed E-state index contributed by atoms with van der Waals surface area (Å²) < 4.78 is 13.3. The second kappa shape index (κ2) is 7.72. The minimum absolute atomic E-state index is 0.0518. The summed E-state index contributed by atoms with van der Waals surface area (Å²) in [5, 5.41) is 5.30. The summed E-state index contributed by atoms with van der Waals surface area (Å²) in [5.41, 5.74) is 0.395. The molecule has 0 aliphatic carbocycles. The molecule has 1 saturated heterocycles. The highest BCUT2D eigenvalue weighted by Gasteiger charge is 2.39. The number of amides is 4. The molecule has 2 aromatic rings. The largest absolute Gasteiger partial charge is 0.336 e. The van der Waals surface area contributed by atoms with Crippen molar-refractivity contribution in [2.45, 2.75) is 0 Å². The molecule has 1 fully saturated rings. The normalized spacial score (nSPS) is 16.9. The Kier molecular flexibility index (Phi) is 5.55. The quantitative estimate of drug-likeness (QED) is 0.720. The van der Waals surface area contributed by atoms with E-state index in [2.05, 4.69) is 10.6 Å². The zero-order chi connectivity index (χ0) is 19.7. The molecule has 6 nitrogen and oxygen atoms in total. The van der Waals surface area contributed by atoms with E-state index in [1.165, 1.54) is 24.3 Å². The lowest BCUT2D eigenvalue weighted by atomic mass is 10.0. The number of urea groups is 1. The number of anilines is 2. The van der Waals surface area contributed by atoms with E-state index in [-0.39, 0.29) is 22.3 Å². The third kappa shape index (κ3) is 4.00. The highest BCUT2D eigenvalue weighted by Crippen LogP contribution is 2.27. The predicted octanol–water partition coefficient (Wildman–Crippen LogP) is 4.10. The molecule has 1 heterocycles. The maximum atomic E-state index is 13.3. The van der Waals surface area contributed by atoms with Crippen LogP contribution in [-0.4, -0.2) is 24.4 Å². The standard InChI is InChI=1S/C17H11Cl3FN3O3/c18-11-3-1-8(5-12(11)19)23-15(25)10-7-22-17(27)24(16(10)26)9-2-4-14(21)13(20)6-9/h1-6,10H,7H2,(H,22,27)(H,23,25). The van der Waals surface area contributed by atoms with Crippen LogP contribution in [0.2, 0.25) is 15.1 Å². The number of halogens is 4. The number of carbonyl (C=O) groups is 3. The summed E-state index contributed by atoms with van der Waals surface area (Å²) in [6.07, 6.45) is 0. The second-order valence-electron chi connectivity index (χ2n) is 5.63. The molecule has 0 aromatic heterocycles. The third-order valence-electron chi connectivity index (χ3n) is 3.84. The number of carbonyl (C=O) groups excluding carboxylic acids is 3. The highest BCUT2D eigenvalue weighted by molar-refractivity contribution is 6.42. The van der Waals surface area contributed by atoms with Gasteiger partial charge < -0.3 is 10.6 Å². The van der Waals surface area contributed by atoms with E-state index in [1.807, 2.05) is 0 Å². The van der Waals surface area contributed by atoms with Gasteiger partial charge in [0.2, 0.25) is 11.8 Å². The minimum atomic E-state index is -1.19. The molecule has 4 amide bonds. The van der Waals surface area contributed by atoms with Crippen LogP contribution in [-0.2, 0) is 9.59 Å². The van der Waals surface area contributed by atoms with E-state index in [1.54, 1.807) is 0 Å². The molecular formula is C17H11Cl3FN3O3. The first-order valence-corrected chi connectivity index (χ1v) is 8.74. The van der Waals surface area contributed by atoms with E-state index < -0.39 is 29.6 Å². The van der Waals surface area contributed by atoms with Crippen LogP contribution in [0.3, 0.4) is 0 Å². The van der Waals surface area contributed by atoms with Crippen LogP contribution in [0.4, 0.5) is 20.6 Å². The summed E-state index contributed by atoms with van der Waals surface area (Å²) >= 11 is 17.4. The van der Waals surface area contributed by atoms with E-state index in [4.69, 9.17) is 34.8 Å². The molecule has 27 heavy (non-hydrogen) atoms. The van der Waals surface area contributed by atoms with Crippen molar-refractivity contribution < 1.29 is 18.8 Å². The Bertz CT molecular complexity index is 954. The maximum Gasteiger partial charge on any atom is 0.328 e. The number of imide groups is 1. The number of nitrogens with one attached hydrogen (secondary N) is 2. The van der Waals surface area contributed by atoms with Crippen molar-refractivity contribution in [3.05, 3.63) is 57.3 Å². The van der Waals surface area contributed by atoms with Gasteiger partial charge in [-0.2, -0.15) is 0 Å². The Balaban J connectivity index is 1.82. The first-order valence-electron chi connectivity index (χ1n) is 7.60. The summed E-state index contributed by atoms with van der Waals surface area (Å²) in [6.45, 7) is -0.184. The number of benzene rings is 2. The highest BCUT2D eigenvalue weighted by atomic mass is 35.5. The lowest BCUT2D eigenvalue weighted by Crippen LogP contribution is -2.58. The summed E-state index contributed by atoms with van der Waals surface area (Å²) in [5.74, 6) is -3.30.